The first-order valence-corrected chi connectivity index (χ1v) is 9.27. The Morgan fingerprint density at radius 2 is 2.07 bits per heavy atom. The van der Waals surface area contributed by atoms with Gasteiger partial charge in [-0.3, -0.25) is 9.20 Å². The number of nitrogens with zero attached hydrogens (tertiary/aromatic N) is 4. The summed E-state index contributed by atoms with van der Waals surface area (Å²) in [5.74, 6) is 2.53. The highest BCUT2D eigenvalue weighted by Gasteiger charge is 2.32. The van der Waals surface area contributed by atoms with Crippen LogP contribution in [0.2, 0.25) is 0 Å². The second-order valence-electron chi connectivity index (χ2n) is 6.92. The van der Waals surface area contributed by atoms with Gasteiger partial charge in [0.2, 0.25) is 12.7 Å². The zero-order chi connectivity index (χ0) is 18.2. The molecule has 4 heterocycles. The summed E-state index contributed by atoms with van der Waals surface area (Å²) in [4.78, 5) is 14.9. The van der Waals surface area contributed by atoms with Gasteiger partial charge in [-0.15, -0.1) is 10.2 Å². The number of benzene rings is 1. The predicted octanol–water partition coefficient (Wildman–Crippen LogP) is 2.75. The lowest BCUT2D eigenvalue weighted by Gasteiger charge is -2.23. The Kier molecular flexibility index (Phi) is 3.92. The van der Waals surface area contributed by atoms with Gasteiger partial charge in [0.15, 0.2) is 23.0 Å². The molecule has 138 valence electrons. The summed E-state index contributed by atoms with van der Waals surface area (Å²) in [7, 11) is 0. The number of likely N-dealkylation sites (tertiary alicyclic amines) is 1. The van der Waals surface area contributed by atoms with E-state index in [-0.39, 0.29) is 18.7 Å². The quantitative estimate of drug-likeness (QED) is 0.712. The lowest BCUT2D eigenvalue weighted by atomic mass is 10.1. The number of hydrogen-bond acceptors (Lipinski definition) is 5. The molecule has 1 aromatic carbocycles. The molecule has 1 amide bonds. The number of pyridine rings is 1. The normalized spacial score (nSPS) is 18.4. The smallest absolute Gasteiger partial charge is 0.231 e. The zero-order valence-electron chi connectivity index (χ0n) is 14.9. The number of hydrogen-bond donors (Lipinski definition) is 0. The van der Waals surface area contributed by atoms with Crippen LogP contribution < -0.4 is 9.47 Å². The molecule has 0 bridgehead atoms. The van der Waals surface area contributed by atoms with Crippen LogP contribution in [0.4, 0.5) is 0 Å². The SMILES string of the molecule is O=C(CCc1ccc2c(c1)OCO2)N1CCCC1c1nnc2ccccn12. The molecule has 2 aliphatic rings. The van der Waals surface area contributed by atoms with Gasteiger partial charge in [-0.2, -0.15) is 0 Å². The lowest BCUT2D eigenvalue weighted by Crippen LogP contribution is -2.31. The molecule has 2 aromatic heterocycles. The largest absolute Gasteiger partial charge is 0.454 e. The van der Waals surface area contributed by atoms with Crippen LogP contribution in [0.25, 0.3) is 5.65 Å². The minimum atomic E-state index is -0.00773. The highest BCUT2D eigenvalue weighted by atomic mass is 16.7. The molecular weight excluding hydrogens is 344 g/mol. The van der Waals surface area contributed by atoms with Crippen LogP contribution in [-0.2, 0) is 11.2 Å². The maximum absolute atomic E-state index is 12.9. The third-order valence-electron chi connectivity index (χ3n) is 5.28. The number of aromatic nitrogens is 3. The van der Waals surface area contributed by atoms with Gasteiger partial charge in [0.1, 0.15) is 0 Å². The van der Waals surface area contributed by atoms with Crippen LogP contribution in [0, 0.1) is 0 Å². The molecule has 0 N–H and O–H groups in total. The molecule has 0 saturated carbocycles. The van der Waals surface area contributed by atoms with Gasteiger partial charge in [0.25, 0.3) is 0 Å². The molecule has 1 unspecified atom stereocenters. The van der Waals surface area contributed by atoms with Crippen molar-refractivity contribution in [1.29, 1.82) is 0 Å². The number of rotatable bonds is 4. The molecule has 3 aromatic rings. The second-order valence-corrected chi connectivity index (χ2v) is 6.92. The maximum atomic E-state index is 12.9. The number of fused-ring (bicyclic) bond motifs is 2. The minimum absolute atomic E-state index is 0.00773. The van der Waals surface area contributed by atoms with Crippen molar-refractivity contribution in [3.8, 4) is 11.5 Å². The third kappa shape index (κ3) is 2.89. The van der Waals surface area contributed by atoms with Gasteiger partial charge in [0.05, 0.1) is 6.04 Å². The number of amides is 1. The first-order chi connectivity index (χ1) is 13.3. The van der Waals surface area contributed by atoms with E-state index in [2.05, 4.69) is 10.2 Å². The second kappa shape index (κ2) is 6.57. The van der Waals surface area contributed by atoms with Crippen LogP contribution in [-0.4, -0.2) is 38.7 Å². The molecule has 27 heavy (non-hydrogen) atoms. The summed E-state index contributed by atoms with van der Waals surface area (Å²) in [6.07, 6.45) is 5.01. The molecule has 7 heteroatoms. The van der Waals surface area contributed by atoms with E-state index in [1.54, 1.807) is 0 Å². The molecule has 0 spiro atoms. The number of carbonyl (C=O) groups is 1. The molecular formula is C20H20N4O3. The Morgan fingerprint density at radius 1 is 1.15 bits per heavy atom. The maximum Gasteiger partial charge on any atom is 0.231 e. The van der Waals surface area contributed by atoms with Crippen molar-refractivity contribution in [2.45, 2.75) is 31.7 Å². The van der Waals surface area contributed by atoms with Crippen LogP contribution in [0.1, 0.15) is 36.7 Å². The molecule has 1 atom stereocenters. The summed E-state index contributed by atoms with van der Waals surface area (Å²) in [5.41, 5.74) is 1.89. The van der Waals surface area contributed by atoms with Crippen molar-refractivity contribution in [3.63, 3.8) is 0 Å². The van der Waals surface area contributed by atoms with Gasteiger partial charge in [-0.05, 0) is 49.1 Å². The Labute approximate surface area is 156 Å². The summed E-state index contributed by atoms with van der Waals surface area (Å²) >= 11 is 0. The van der Waals surface area contributed by atoms with Crippen molar-refractivity contribution < 1.29 is 14.3 Å². The van der Waals surface area contributed by atoms with E-state index in [0.717, 1.165) is 47.9 Å². The standard InChI is InChI=1S/C20H20N4O3/c25-19(9-7-14-6-8-16-17(12-14)27-13-26-16)23-11-3-4-15(23)20-22-21-18-5-1-2-10-24(18)20/h1-2,5-6,8,10,12,15H,3-4,7,9,11,13H2. The molecule has 0 aliphatic carbocycles. The number of aryl methyl sites for hydroxylation is 1. The van der Waals surface area contributed by atoms with Crippen molar-refractivity contribution in [1.82, 2.24) is 19.5 Å². The molecule has 1 saturated heterocycles. The fourth-order valence-electron chi connectivity index (χ4n) is 3.91. The zero-order valence-corrected chi connectivity index (χ0v) is 14.9. The first-order valence-electron chi connectivity index (χ1n) is 9.27. The van der Waals surface area contributed by atoms with Gasteiger partial charge in [-0.25, -0.2) is 0 Å². The lowest BCUT2D eigenvalue weighted by molar-refractivity contribution is -0.132. The predicted molar refractivity (Wildman–Crippen MR) is 97.6 cm³/mol. The van der Waals surface area contributed by atoms with E-state index in [9.17, 15) is 4.79 Å². The molecule has 7 nitrogen and oxygen atoms in total. The number of carbonyl (C=O) groups excluding carboxylic acids is 1. The van der Waals surface area contributed by atoms with Crippen molar-refractivity contribution in [2.24, 2.45) is 0 Å². The topological polar surface area (TPSA) is 69.0 Å². The highest BCUT2D eigenvalue weighted by Crippen LogP contribution is 2.34. The summed E-state index contributed by atoms with van der Waals surface area (Å²) in [6, 6.07) is 11.7. The molecule has 0 radical (unpaired) electrons. The Morgan fingerprint density at radius 3 is 3.04 bits per heavy atom. The Hall–Kier alpha value is -3.09. The van der Waals surface area contributed by atoms with Gasteiger partial charge < -0.3 is 14.4 Å². The fourth-order valence-corrected chi connectivity index (χ4v) is 3.91. The summed E-state index contributed by atoms with van der Waals surface area (Å²) < 4.78 is 12.7. The Bertz CT molecular complexity index is 1000. The first kappa shape index (κ1) is 16.1. The highest BCUT2D eigenvalue weighted by molar-refractivity contribution is 5.77. The third-order valence-corrected chi connectivity index (χ3v) is 5.28. The minimum Gasteiger partial charge on any atom is -0.454 e. The van der Waals surface area contributed by atoms with E-state index >= 15 is 0 Å². The van der Waals surface area contributed by atoms with E-state index in [1.165, 1.54) is 0 Å². The van der Waals surface area contributed by atoms with Crippen molar-refractivity contribution in [2.75, 3.05) is 13.3 Å². The number of ether oxygens (including phenoxy) is 2. The van der Waals surface area contributed by atoms with E-state index in [0.29, 0.717) is 12.8 Å². The van der Waals surface area contributed by atoms with Crippen LogP contribution in [0.15, 0.2) is 42.6 Å². The van der Waals surface area contributed by atoms with Crippen LogP contribution in [0.3, 0.4) is 0 Å². The monoisotopic (exact) mass is 364 g/mol. The molecule has 2 aliphatic heterocycles. The average Bonchev–Trinajstić information content (AvgIpc) is 3.43. The van der Waals surface area contributed by atoms with Gasteiger partial charge in [0, 0.05) is 19.2 Å². The van der Waals surface area contributed by atoms with E-state index in [1.807, 2.05) is 51.9 Å². The van der Waals surface area contributed by atoms with E-state index in [4.69, 9.17) is 9.47 Å². The van der Waals surface area contributed by atoms with Crippen molar-refractivity contribution >= 4 is 11.6 Å². The van der Waals surface area contributed by atoms with Gasteiger partial charge in [-0.1, -0.05) is 12.1 Å². The van der Waals surface area contributed by atoms with E-state index < -0.39 is 0 Å². The van der Waals surface area contributed by atoms with Crippen LogP contribution >= 0.6 is 0 Å². The fraction of sp³-hybridized carbons (Fsp3) is 0.350. The summed E-state index contributed by atoms with van der Waals surface area (Å²) in [6.45, 7) is 1.03. The molecule has 1 fully saturated rings. The van der Waals surface area contributed by atoms with Gasteiger partial charge >= 0.3 is 0 Å². The van der Waals surface area contributed by atoms with Crippen molar-refractivity contribution in [3.05, 3.63) is 54.0 Å². The molecule has 5 rings (SSSR count). The average molecular weight is 364 g/mol. The summed E-state index contributed by atoms with van der Waals surface area (Å²) in [5, 5.41) is 8.59. The Balaban J connectivity index is 1.30. The van der Waals surface area contributed by atoms with Crippen LogP contribution in [0.5, 0.6) is 11.5 Å².